The Bertz CT molecular complexity index is 2720. The maximum atomic E-state index is 6.84. The molecule has 256 valence electrons. The Morgan fingerprint density at radius 3 is 1.89 bits per heavy atom. The third kappa shape index (κ3) is 5.96. The number of ether oxygens (including phenoxy) is 1. The molecule has 0 aliphatic carbocycles. The first-order chi connectivity index (χ1) is 25.9. The maximum Gasteiger partial charge on any atom is 0.307 e. The van der Waals surface area contributed by atoms with E-state index in [4.69, 9.17) is 14.7 Å². The summed E-state index contributed by atoms with van der Waals surface area (Å²) >= 11 is 0. The lowest BCUT2D eigenvalue weighted by atomic mass is 9.87. The topological polar surface area (TPSA) is 44.9 Å². The number of fused-ring (bicyclic) bond motifs is 2. The molecule has 9 rings (SSSR count). The van der Waals surface area contributed by atoms with Crippen molar-refractivity contribution < 1.29 is 4.74 Å². The summed E-state index contributed by atoms with van der Waals surface area (Å²) in [5.74, 6) is 1.52. The van der Waals surface area contributed by atoms with Crippen LogP contribution in [0, 0.1) is 0 Å². The van der Waals surface area contributed by atoms with Crippen LogP contribution < -0.4 is 4.74 Å². The number of rotatable bonds is 7. The van der Waals surface area contributed by atoms with Gasteiger partial charge in [0.1, 0.15) is 17.1 Å². The first kappa shape index (κ1) is 32.2. The summed E-state index contributed by atoms with van der Waals surface area (Å²) in [4.78, 5) is 10.7. The fourth-order valence-corrected chi connectivity index (χ4v) is 7.13. The number of imidazole rings is 2. The van der Waals surface area contributed by atoms with Gasteiger partial charge in [0.05, 0.1) is 22.2 Å². The molecule has 0 aliphatic rings. The van der Waals surface area contributed by atoms with E-state index in [0.717, 1.165) is 67.1 Å². The van der Waals surface area contributed by atoms with Crippen molar-refractivity contribution in [3.8, 4) is 56.8 Å². The molecule has 0 unspecified atom stereocenters. The van der Waals surface area contributed by atoms with Gasteiger partial charge < -0.3 is 4.74 Å². The molecular formula is C48H38N4O. The van der Waals surface area contributed by atoms with E-state index in [1.807, 2.05) is 30.3 Å². The Morgan fingerprint density at radius 2 is 1.13 bits per heavy atom. The average Bonchev–Trinajstić information content (AvgIpc) is 3.76. The maximum absolute atomic E-state index is 6.84. The molecule has 0 amide bonds. The van der Waals surface area contributed by atoms with Crippen LogP contribution in [0.4, 0.5) is 0 Å². The molecule has 5 nitrogen and oxygen atoms in total. The van der Waals surface area contributed by atoms with E-state index >= 15 is 0 Å². The average molecular weight is 687 g/mol. The van der Waals surface area contributed by atoms with Crippen LogP contribution >= 0.6 is 0 Å². The summed E-state index contributed by atoms with van der Waals surface area (Å²) in [5, 5.41) is 0. The highest BCUT2D eigenvalue weighted by molar-refractivity contribution is 5.96. The molecule has 0 fully saturated rings. The highest BCUT2D eigenvalue weighted by Gasteiger charge is 2.24. The fourth-order valence-electron chi connectivity index (χ4n) is 7.13. The lowest BCUT2D eigenvalue weighted by molar-refractivity contribution is 0.437. The largest absolute Gasteiger partial charge is 0.425 e. The minimum Gasteiger partial charge on any atom is -0.425 e. The summed E-state index contributed by atoms with van der Waals surface area (Å²) in [6, 6.07) is 61.3. The molecule has 53 heavy (non-hydrogen) atoms. The number of aromatic nitrogens is 4. The second kappa shape index (κ2) is 13.1. The Hall–Kier alpha value is -6.72. The summed E-state index contributed by atoms with van der Waals surface area (Å²) in [6.45, 7) is 6.74. The van der Waals surface area contributed by atoms with Crippen LogP contribution in [0.25, 0.3) is 67.1 Å². The second-order valence-electron chi connectivity index (χ2n) is 14.3. The molecule has 0 atom stereocenters. The van der Waals surface area contributed by atoms with Gasteiger partial charge in [0.2, 0.25) is 0 Å². The van der Waals surface area contributed by atoms with Crippen molar-refractivity contribution in [2.45, 2.75) is 26.2 Å². The zero-order valence-corrected chi connectivity index (χ0v) is 29.9. The van der Waals surface area contributed by atoms with Gasteiger partial charge in [-0.25, -0.2) is 4.98 Å². The molecule has 0 saturated carbocycles. The van der Waals surface area contributed by atoms with Crippen LogP contribution in [-0.4, -0.2) is 19.1 Å². The number of para-hydroxylation sites is 3. The molecule has 9 aromatic rings. The SMILES string of the molecule is CC(C)(C)c1ccc2nc(-c3cccc4c3nc(Oc3cccc(-c5ccccc5)c3)n4-c3ccccc3-c3ccccc3)n(-c3ccccc3)c2c1. The van der Waals surface area contributed by atoms with E-state index in [1.165, 1.54) is 5.56 Å². The molecule has 0 bridgehead atoms. The molecule has 7 aromatic carbocycles. The van der Waals surface area contributed by atoms with Gasteiger partial charge in [-0.1, -0.05) is 142 Å². The number of benzene rings is 7. The van der Waals surface area contributed by atoms with Gasteiger partial charge in [-0.2, -0.15) is 4.98 Å². The van der Waals surface area contributed by atoms with E-state index in [2.05, 4.69) is 175 Å². The van der Waals surface area contributed by atoms with Crippen LogP contribution in [0.5, 0.6) is 11.8 Å². The molecule has 0 saturated heterocycles. The summed E-state index contributed by atoms with van der Waals surface area (Å²) in [7, 11) is 0. The molecule has 0 aliphatic heterocycles. The van der Waals surface area contributed by atoms with E-state index in [-0.39, 0.29) is 5.41 Å². The van der Waals surface area contributed by atoms with Crippen LogP contribution in [0.1, 0.15) is 26.3 Å². The monoisotopic (exact) mass is 686 g/mol. The van der Waals surface area contributed by atoms with Crippen molar-refractivity contribution in [3.63, 3.8) is 0 Å². The van der Waals surface area contributed by atoms with Crippen LogP contribution in [0.2, 0.25) is 0 Å². The smallest absolute Gasteiger partial charge is 0.307 e. The van der Waals surface area contributed by atoms with Gasteiger partial charge in [0.25, 0.3) is 0 Å². The van der Waals surface area contributed by atoms with Crippen LogP contribution in [0.15, 0.2) is 176 Å². The normalized spacial score (nSPS) is 11.7. The molecular weight excluding hydrogens is 649 g/mol. The lowest BCUT2D eigenvalue weighted by Gasteiger charge is -2.19. The fraction of sp³-hybridized carbons (Fsp3) is 0.0833. The first-order valence-corrected chi connectivity index (χ1v) is 18.0. The second-order valence-corrected chi connectivity index (χ2v) is 14.3. The van der Waals surface area contributed by atoms with Crippen molar-refractivity contribution >= 4 is 22.1 Å². The quantitative estimate of drug-likeness (QED) is 0.168. The number of hydrogen-bond acceptors (Lipinski definition) is 3. The van der Waals surface area contributed by atoms with Crippen LogP contribution in [0.3, 0.4) is 0 Å². The van der Waals surface area contributed by atoms with Crippen molar-refractivity contribution in [2.75, 3.05) is 0 Å². The van der Waals surface area contributed by atoms with Crippen molar-refractivity contribution in [3.05, 3.63) is 181 Å². The van der Waals surface area contributed by atoms with E-state index in [9.17, 15) is 0 Å². The summed E-state index contributed by atoms with van der Waals surface area (Å²) in [5.41, 5.74) is 12.2. The van der Waals surface area contributed by atoms with Gasteiger partial charge in [0.15, 0.2) is 0 Å². The standard InChI is InChI=1S/C48H38N4O/c1-48(2,3)36-29-30-41-44(32-36)51(37-22-11-6-12-23-37)46(49-41)40-26-16-28-43-45(40)50-47(53-38-24-15-21-35(31-38)33-17-7-4-8-18-33)52(43)42-27-14-13-25-39(42)34-19-9-5-10-20-34/h4-32H,1-3H3. The van der Waals surface area contributed by atoms with Gasteiger partial charge in [0, 0.05) is 16.8 Å². The molecule has 0 radical (unpaired) electrons. The zero-order chi connectivity index (χ0) is 35.9. The van der Waals surface area contributed by atoms with E-state index in [1.54, 1.807) is 0 Å². The minimum atomic E-state index is -0.0187. The molecule has 2 heterocycles. The third-order valence-corrected chi connectivity index (χ3v) is 9.81. The Morgan fingerprint density at radius 1 is 0.491 bits per heavy atom. The predicted molar refractivity (Wildman–Crippen MR) is 217 cm³/mol. The van der Waals surface area contributed by atoms with E-state index < -0.39 is 0 Å². The highest BCUT2D eigenvalue weighted by atomic mass is 16.5. The Labute approximate surface area is 309 Å². The van der Waals surface area contributed by atoms with Crippen molar-refractivity contribution in [2.24, 2.45) is 0 Å². The molecule has 0 spiro atoms. The van der Waals surface area contributed by atoms with Gasteiger partial charge >= 0.3 is 6.01 Å². The predicted octanol–water partition coefficient (Wildman–Crippen LogP) is 12.5. The molecule has 5 heteroatoms. The van der Waals surface area contributed by atoms with Gasteiger partial charge in [-0.3, -0.25) is 9.13 Å². The highest BCUT2D eigenvalue weighted by Crippen LogP contribution is 2.40. The Kier molecular flexibility index (Phi) is 7.97. The third-order valence-electron chi connectivity index (χ3n) is 9.81. The number of nitrogens with zero attached hydrogens (tertiary/aromatic N) is 4. The minimum absolute atomic E-state index is 0.0187. The van der Waals surface area contributed by atoms with Crippen molar-refractivity contribution in [1.82, 2.24) is 19.1 Å². The summed E-state index contributed by atoms with van der Waals surface area (Å²) < 4.78 is 11.3. The van der Waals surface area contributed by atoms with E-state index in [0.29, 0.717) is 11.8 Å². The first-order valence-electron chi connectivity index (χ1n) is 18.0. The van der Waals surface area contributed by atoms with Crippen molar-refractivity contribution in [1.29, 1.82) is 0 Å². The van der Waals surface area contributed by atoms with Gasteiger partial charge in [-0.15, -0.1) is 0 Å². The zero-order valence-electron chi connectivity index (χ0n) is 29.9. The molecule has 0 N–H and O–H groups in total. The van der Waals surface area contributed by atoms with Gasteiger partial charge in [-0.05, 0) is 82.3 Å². The lowest BCUT2D eigenvalue weighted by Crippen LogP contribution is -2.10. The Balaban J connectivity index is 1.30. The number of hydrogen-bond donors (Lipinski definition) is 0. The molecule has 2 aromatic heterocycles. The summed E-state index contributed by atoms with van der Waals surface area (Å²) in [6.07, 6.45) is 0. The van der Waals surface area contributed by atoms with Crippen LogP contribution in [-0.2, 0) is 5.41 Å².